The topological polar surface area (TPSA) is 17.4 Å². The number of piperidine rings is 1. The van der Waals surface area contributed by atoms with Crippen LogP contribution in [0.4, 0.5) is 0 Å². The van der Waals surface area contributed by atoms with Crippen LogP contribution < -0.4 is 4.74 Å². The highest BCUT2D eigenvalue weighted by Gasteiger charge is 2.70. The minimum atomic E-state index is 0.0686. The number of hydrogen-bond acceptors (Lipinski definition) is 2. The van der Waals surface area contributed by atoms with E-state index in [4.69, 9.17) is 4.74 Å². The van der Waals surface area contributed by atoms with Crippen LogP contribution in [0.3, 0.4) is 0 Å². The van der Waals surface area contributed by atoms with Gasteiger partial charge < -0.3 is 14.2 Å². The van der Waals surface area contributed by atoms with Gasteiger partial charge in [0.2, 0.25) is 0 Å². The second-order valence-corrected chi connectivity index (χ2v) is 12.4. The van der Waals surface area contributed by atoms with E-state index >= 15 is 0 Å². The molecule has 3 heteroatoms. The molecule has 4 aromatic rings. The van der Waals surface area contributed by atoms with Crippen molar-refractivity contribution in [3.63, 3.8) is 0 Å². The van der Waals surface area contributed by atoms with Crippen LogP contribution in [0.1, 0.15) is 86.2 Å². The Balaban J connectivity index is 0.000000608. The molecule has 9 rings (SSSR count). The van der Waals surface area contributed by atoms with Crippen molar-refractivity contribution >= 4 is 21.7 Å². The van der Waals surface area contributed by atoms with E-state index in [1.54, 1.807) is 22.3 Å². The van der Waals surface area contributed by atoms with Crippen molar-refractivity contribution in [1.29, 1.82) is 0 Å². The van der Waals surface area contributed by atoms with Crippen LogP contribution in [-0.4, -0.2) is 29.1 Å². The molecule has 39 heavy (non-hydrogen) atoms. The van der Waals surface area contributed by atoms with E-state index < -0.39 is 0 Å². The number of benzene rings is 3. The molecule has 0 unspecified atom stereocenters. The van der Waals surface area contributed by atoms with Gasteiger partial charge in [0, 0.05) is 29.5 Å². The van der Waals surface area contributed by atoms with E-state index in [1.807, 2.05) is 27.7 Å². The van der Waals surface area contributed by atoms with Crippen molar-refractivity contribution < 1.29 is 4.74 Å². The number of nitrogens with zero attached hydrogens (tertiary/aromatic N) is 2. The van der Waals surface area contributed by atoms with Gasteiger partial charge in [-0.3, -0.25) is 0 Å². The summed E-state index contributed by atoms with van der Waals surface area (Å²) in [5, 5.41) is 4.44. The van der Waals surface area contributed by atoms with Crippen molar-refractivity contribution in [3.8, 4) is 5.75 Å². The predicted molar refractivity (Wildman–Crippen MR) is 163 cm³/mol. The van der Waals surface area contributed by atoms with Crippen molar-refractivity contribution in [2.75, 3.05) is 13.6 Å². The van der Waals surface area contributed by atoms with Crippen LogP contribution >= 0.6 is 0 Å². The summed E-state index contributed by atoms with van der Waals surface area (Å²) < 4.78 is 9.76. The molecule has 3 aliphatic carbocycles. The van der Waals surface area contributed by atoms with E-state index in [9.17, 15) is 0 Å². The highest BCUT2D eigenvalue weighted by Crippen LogP contribution is 2.71. The lowest BCUT2D eigenvalue weighted by Gasteiger charge is -2.64. The van der Waals surface area contributed by atoms with Crippen LogP contribution in [-0.2, 0) is 38.1 Å². The summed E-state index contributed by atoms with van der Waals surface area (Å²) in [5.41, 5.74) is 12.3. The third kappa shape index (κ3) is 2.73. The van der Waals surface area contributed by atoms with Crippen LogP contribution in [0.15, 0.2) is 36.4 Å². The average Bonchev–Trinajstić information content (AvgIpc) is 3.61. The molecule has 1 fully saturated rings. The zero-order valence-corrected chi connectivity index (χ0v) is 25.2. The van der Waals surface area contributed by atoms with Crippen molar-refractivity contribution in [2.45, 2.75) is 91.2 Å². The third-order valence-corrected chi connectivity index (χ3v) is 11.2. The molecule has 0 amide bonds. The lowest BCUT2D eigenvalue weighted by atomic mass is 9.44. The summed E-state index contributed by atoms with van der Waals surface area (Å²) in [6, 6.07) is 14.7. The standard InChI is InChI=1S/C32H32N2O.2C2H6/c1-17-8-9-20-15-24-31(2)16-23-22-14-19-7-5-6-18-10-11-21(25(18)19)27(22)34(4)28(23)30-32(31,12-13-33(24)3)26(20)29(17)35-30;2*1-2/h5-9,14,24,30H,10-13,15-16H2,1-4H3;2*1-2H3/t24-,30+,31+,32+;;/m1../s1. The van der Waals surface area contributed by atoms with Crippen LogP contribution in [0.5, 0.6) is 5.75 Å². The molecule has 3 aromatic carbocycles. The van der Waals surface area contributed by atoms with Gasteiger partial charge in [0.05, 0.1) is 16.6 Å². The van der Waals surface area contributed by atoms with Gasteiger partial charge in [-0.1, -0.05) is 65.0 Å². The maximum absolute atomic E-state index is 7.19. The maximum Gasteiger partial charge on any atom is 0.149 e. The number of aromatic nitrogens is 1. The van der Waals surface area contributed by atoms with Gasteiger partial charge in [-0.2, -0.15) is 0 Å². The van der Waals surface area contributed by atoms with Crippen LogP contribution in [0.2, 0.25) is 0 Å². The molecule has 2 bridgehead atoms. The van der Waals surface area contributed by atoms with Gasteiger partial charge in [0.25, 0.3) is 0 Å². The number of ether oxygens (including phenoxy) is 1. The Labute approximate surface area is 234 Å². The first-order valence-electron chi connectivity index (χ1n) is 15.5. The SMILES string of the molecule is CC.CC.Cc1ccc2c3c1O[C@H]1c4c(c5cc6cccc7c6c(c5n4C)CC7)C[C@@]4(C)[C@@H](C2)N(C)CC[C@]314. The van der Waals surface area contributed by atoms with Gasteiger partial charge in [-0.25, -0.2) is 0 Å². The summed E-state index contributed by atoms with van der Waals surface area (Å²) in [7, 11) is 4.70. The van der Waals surface area contributed by atoms with Crippen LogP contribution in [0.25, 0.3) is 21.7 Å². The van der Waals surface area contributed by atoms with Crippen molar-refractivity contribution in [2.24, 2.45) is 12.5 Å². The Bertz CT molecular complexity index is 1660. The molecule has 5 aliphatic rings. The predicted octanol–water partition coefficient (Wildman–Crippen LogP) is 7.99. The molecule has 1 aromatic heterocycles. The van der Waals surface area contributed by atoms with Gasteiger partial charge in [0.1, 0.15) is 11.9 Å². The first kappa shape index (κ1) is 25.2. The molecule has 0 saturated carbocycles. The Morgan fingerprint density at radius 2 is 1.74 bits per heavy atom. The lowest BCUT2D eigenvalue weighted by Crippen LogP contribution is -2.68. The summed E-state index contributed by atoms with van der Waals surface area (Å²) in [6.45, 7) is 14.0. The summed E-state index contributed by atoms with van der Waals surface area (Å²) in [4.78, 5) is 2.67. The maximum atomic E-state index is 7.19. The molecule has 1 saturated heterocycles. The number of rotatable bonds is 0. The van der Waals surface area contributed by atoms with E-state index in [0.717, 1.165) is 25.8 Å². The second kappa shape index (κ2) is 8.36. The molecule has 4 atom stereocenters. The van der Waals surface area contributed by atoms with Gasteiger partial charge in [-0.05, 0) is 97.3 Å². The molecule has 3 nitrogen and oxygen atoms in total. The summed E-state index contributed by atoms with van der Waals surface area (Å²) in [5.74, 6) is 1.21. The number of hydrogen-bond donors (Lipinski definition) is 0. The molecular weight excluding hydrogens is 476 g/mol. The van der Waals surface area contributed by atoms with E-state index in [1.165, 1.54) is 57.1 Å². The quantitative estimate of drug-likeness (QED) is 0.234. The van der Waals surface area contributed by atoms with Crippen molar-refractivity contribution in [3.05, 3.63) is 75.5 Å². The number of aryl methyl sites for hydroxylation is 4. The molecule has 3 heterocycles. The highest BCUT2D eigenvalue weighted by molar-refractivity contribution is 6.06. The number of fused-ring (bicyclic) bond motifs is 5. The van der Waals surface area contributed by atoms with E-state index in [2.05, 4.69) is 73.8 Å². The monoisotopic (exact) mass is 520 g/mol. The highest BCUT2D eigenvalue weighted by atomic mass is 16.5. The van der Waals surface area contributed by atoms with Gasteiger partial charge >= 0.3 is 0 Å². The first-order chi connectivity index (χ1) is 18.9. The fourth-order valence-electron chi connectivity index (χ4n) is 9.75. The first-order valence-corrected chi connectivity index (χ1v) is 15.5. The average molecular weight is 521 g/mol. The molecule has 0 radical (unpaired) electrons. The molecule has 2 aliphatic heterocycles. The van der Waals surface area contributed by atoms with Gasteiger partial charge in [-0.15, -0.1) is 0 Å². The number of likely N-dealkylation sites (N-methyl/N-ethyl adjacent to an activating group) is 1. The van der Waals surface area contributed by atoms with E-state index in [-0.39, 0.29) is 16.9 Å². The molecule has 204 valence electrons. The largest absolute Gasteiger partial charge is 0.483 e. The van der Waals surface area contributed by atoms with E-state index in [0.29, 0.717) is 6.04 Å². The lowest BCUT2D eigenvalue weighted by molar-refractivity contribution is -0.0912. The Kier molecular flexibility index (Phi) is 5.41. The third-order valence-electron chi connectivity index (χ3n) is 11.2. The smallest absolute Gasteiger partial charge is 0.149 e. The minimum absolute atomic E-state index is 0.0686. The molecular formula is C36H44N2O. The van der Waals surface area contributed by atoms with Gasteiger partial charge in [0.15, 0.2) is 0 Å². The minimum Gasteiger partial charge on any atom is -0.483 e. The fraction of sp³-hybridized carbons (Fsp3) is 0.500. The Morgan fingerprint density at radius 1 is 0.949 bits per heavy atom. The zero-order valence-electron chi connectivity index (χ0n) is 25.2. The Hall–Kier alpha value is -2.78. The summed E-state index contributed by atoms with van der Waals surface area (Å²) >= 11 is 0. The molecule has 0 N–H and O–H groups in total. The normalized spacial score (nSPS) is 28.7. The number of likely N-dealkylation sites (tertiary alicyclic amines) is 1. The molecule has 1 spiro atoms. The zero-order chi connectivity index (χ0) is 27.4. The summed E-state index contributed by atoms with van der Waals surface area (Å²) in [6.07, 6.45) is 5.91. The second-order valence-electron chi connectivity index (χ2n) is 12.4. The van der Waals surface area contributed by atoms with Crippen molar-refractivity contribution in [1.82, 2.24) is 9.47 Å². The Morgan fingerprint density at radius 3 is 2.54 bits per heavy atom. The fourth-order valence-corrected chi connectivity index (χ4v) is 9.75. The van der Waals surface area contributed by atoms with Crippen LogP contribution in [0, 0.1) is 12.3 Å².